The lowest BCUT2D eigenvalue weighted by atomic mass is 9.99. The highest BCUT2D eigenvalue weighted by Gasteiger charge is 2.31. The average molecular weight is 1620 g/mol. The molecule has 660 valence electrons. The summed E-state index contributed by atoms with van der Waals surface area (Å²) in [5, 5.41) is 10.7. The molecule has 0 aliphatic rings. The van der Waals surface area contributed by atoms with Crippen LogP contribution in [0.1, 0.15) is 497 Å². The standard InChI is InChI=1S/C92H180O17P2/c1-7-10-12-14-16-18-20-22-24-26-28-30-32-34-36-38-43-47-51-57-64-70-76-91(96)108-87(80-102-89(94)74-68-62-56-50-46-42-37-35-33-31-29-27-25-23-21-19-17-15-13-11-8-2)82-106-110(98,99)104-78-86(93)79-105-111(100,101)107-83-88(81-103-90(95)75-69-63-59-53-54-60-66-72-84(4)5)109-92(97)77-71-65-58-52-48-44-40-39-41-45-49-55-61-67-73-85(6)9-3/h84-88,93H,7-83H2,1-6H3,(H,98,99)(H,100,101)/t85?,86-,87-,88-/m1/s1. The Labute approximate surface area is 683 Å². The van der Waals surface area contributed by atoms with Crippen LogP contribution in [0.5, 0.6) is 0 Å². The number of phosphoric acid groups is 2. The van der Waals surface area contributed by atoms with E-state index in [-0.39, 0.29) is 25.7 Å². The van der Waals surface area contributed by atoms with Crippen molar-refractivity contribution in [3.8, 4) is 0 Å². The molecule has 0 aromatic carbocycles. The first-order valence-electron chi connectivity index (χ1n) is 47.5. The third-order valence-corrected chi connectivity index (χ3v) is 24.0. The first kappa shape index (κ1) is 109. The fourth-order valence-electron chi connectivity index (χ4n) is 14.4. The van der Waals surface area contributed by atoms with Gasteiger partial charge in [-0.15, -0.1) is 0 Å². The van der Waals surface area contributed by atoms with Crippen molar-refractivity contribution in [2.24, 2.45) is 11.8 Å². The third-order valence-electron chi connectivity index (χ3n) is 22.1. The maximum absolute atomic E-state index is 13.2. The number of hydrogen-bond acceptors (Lipinski definition) is 15. The summed E-state index contributed by atoms with van der Waals surface area (Å²) >= 11 is 0. The molecule has 0 bridgehead atoms. The van der Waals surface area contributed by atoms with E-state index in [4.69, 9.17) is 37.0 Å². The fraction of sp³-hybridized carbons (Fsp3) is 0.957. The van der Waals surface area contributed by atoms with E-state index in [2.05, 4.69) is 41.5 Å². The Bertz CT molecular complexity index is 2120. The Morgan fingerprint density at radius 1 is 0.261 bits per heavy atom. The monoisotopic (exact) mass is 1620 g/mol. The van der Waals surface area contributed by atoms with Crippen LogP contribution in [0.3, 0.4) is 0 Å². The number of ether oxygens (including phenoxy) is 4. The van der Waals surface area contributed by atoms with Gasteiger partial charge >= 0.3 is 39.5 Å². The Morgan fingerprint density at radius 3 is 0.685 bits per heavy atom. The van der Waals surface area contributed by atoms with Gasteiger partial charge in [0, 0.05) is 25.7 Å². The number of esters is 4. The van der Waals surface area contributed by atoms with Crippen LogP contribution in [0.15, 0.2) is 0 Å². The summed E-state index contributed by atoms with van der Waals surface area (Å²) in [5.41, 5.74) is 0. The molecule has 0 amide bonds. The van der Waals surface area contributed by atoms with Crippen LogP contribution in [0.4, 0.5) is 0 Å². The van der Waals surface area contributed by atoms with Crippen LogP contribution in [-0.4, -0.2) is 96.7 Å². The van der Waals surface area contributed by atoms with Crippen molar-refractivity contribution in [2.45, 2.75) is 516 Å². The molecular weight excluding hydrogens is 1440 g/mol. The molecule has 0 spiro atoms. The van der Waals surface area contributed by atoms with E-state index in [1.54, 1.807) is 0 Å². The fourth-order valence-corrected chi connectivity index (χ4v) is 16.0. The summed E-state index contributed by atoms with van der Waals surface area (Å²) in [6.45, 7) is 9.70. The molecule has 0 aromatic rings. The van der Waals surface area contributed by atoms with E-state index < -0.39 is 97.5 Å². The molecule has 3 N–H and O–H groups in total. The van der Waals surface area contributed by atoms with E-state index in [0.29, 0.717) is 31.6 Å². The number of carbonyl (C=O) groups is 4. The van der Waals surface area contributed by atoms with Gasteiger partial charge in [0.1, 0.15) is 19.3 Å². The molecule has 6 atom stereocenters. The minimum absolute atomic E-state index is 0.107. The quantitative estimate of drug-likeness (QED) is 0.0222. The summed E-state index contributed by atoms with van der Waals surface area (Å²) in [4.78, 5) is 73.4. The zero-order valence-corrected chi connectivity index (χ0v) is 75.1. The Morgan fingerprint density at radius 2 is 0.459 bits per heavy atom. The normalized spacial score (nSPS) is 14.0. The van der Waals surface area contributed by atoms with Gasteiger partial charge in [-0.3, -0.25) is 37.3 Å². The van der Waals surface area contributed by atoms with Crippen LogP contribution in [0, 0.1) is 11.8 Å². The molecule has 0 fully saturated rings. The van der Waals surface area contributed by atoms with Crippen molar-refractivity contribution in [1.29, 1.82) is 0 Å². The molecule has 0 aliphatic carbocycles. The van der Waals surface area contributed by atoms with Crippen LogP contribution < -0.4 is 0 Å². The van der Waals surface area contributed by atoms with Crippen molar-refractivity contribution in [2.75, 3.05) is 39.6 Å². The molecule has 0 saturated heterocycles. The molecule has 0 aromatic heterocycles. The average Bonchev–Trinajstić information content (AvgIpc) is 0.901. The molecule has 3 unspecified atom stereocenters. The van der Waals surface area contributed by atoms with Crippen LogP contribution in [0.2, 0.25) is 0 Å². The lowest BCUT2D eigenvalue weighted by molar-refractivity contribution is -0.161. The summed E-state index contributed by atoms with van der Waals surface area (Å²) in [6, 6.07) is 0. The van der Waals surface area contributed by atoms with Crippen LogP contribution in [0.25, 0.3) is 0 Å². The highest BCUT2D eigenvalue weighted by atomic mass is 31.2. The second kappa shape index (κ2) is 83.1. The molecule has 0 saturated carbocycles. The second-order valence-electron chi connectivity index (χ2n) is 33.8. The maximum Gasteiger partial charge on any atom is 0.472 e. The van der Waals surface area contributed by atoms with Crippen LogP contribution in [-0.2, 0) is 65.4 Å². The first-order valence-corrected chi connectivity index (χ1v) is 50.5. The molecule has 17 nitrogen and oxygen atoms in total. The number of hydrogen-bond donors (Lipinski definition) is 3. The van der Waals surface area contributed by atoms with E-state index in [0.717, 1.165) is 102 Å². The molecule has 0 rings (SSSR count). The summed E-state index contributed by atoms with van der Waals surface area (Å²) in [6.07, 6.45) is 78.1. The van der Waals surface area contributed by atoms with E-state index in [1.807, 2.05) is 0 Å². The summed E-state index contributed by atoms with van der Waals surface area (Å²) < 4.78 is 69.1. The first-order chi connectivity index (χ1) is 53.9. The van der Waals surface area contributed by atoms with Crippen molar-refractivity contribution in [1.82, 2.24) is 0 Å². The molecule has 0 aliphatic heterocycles. The molecule has 19 heteroatoms. The lowest BCUT2D eigenvalue weighted by Gasteiger charge is -2.21. The number of rotatable bonds is 91. The van der Waals surface area contributed by atoms with Gasteiger partial charge < -0.3 is 33.8 Å². The smallest absolute Gasteiger partial charge is 0.462 e. The molecular formula is C92H180O17P2. The Kier molecular flexibility index (Phi) is 81.7. The van der Waals surface area contributed by atoms with Gasteiger partial charge in [0.05, 0.1) is 26.4 Å². The predicted octanol–water partition coefficient (Wildman–Crippen LogP) is 28.6. The van der Waals surface area contributed by atoms with Gasteiger partial charge in [-0.25, -0.2) is 9.13 Å². The van der Waals surface area contributed by atoms with Crippen molar-refractivity contribution >= 4 is 39.5 Å². The lowest BCUT2D eigenvalue weighted by Crippen LogP contribution is -2.30. The van der Waals surface area contributed by atoms with E-state index in [1.165, 1.54) is 308 Å². The molecule has 111 heavy (non-hydrogen) atoms. The number of carbonyl (C=O) groups excluding carboxylic acids is 4. The van der Waals surface area contributed by atoms with E-state index in [9.17, 15) is 43.2 Å². The van der Waals surface area contributed by atoms with Gasteiger partial charge in [0.2, 0.25) is 0 Å². The minimum Gasteiger partial charge on any atom is -0.462 e. The zero-order valence-electron chi connectivity index (χ0n) is 73.3. The van der Waals surface area contributed by atoms with Gasteiger partial charge in [-0.1, -0.05) is 446 Å². The second-order valence-corrected chi connectivity index (χ2v) is 36.7. The maximum atomic E-state index is 13.2. The highest BCUT2D eigenvalue weighted by molar-refractivity contribution is 7.47. The third kappa shape index (κ3) is 84.3. The molecule has 0 heterocycles. The van der Waals surface area contributed by atoms with Gasteiger partial charge in [-0.2, -0.15) is 0 Å². The van der Waals surface area contributed by atoms with Gasteiger partial charge in [0.25, 0.3) is 0 Å². The SMILES string of the molecule is CCCCCCCCCCCCCCCCCCCCCCCCC(=O)O[C@H](COC(=O)CCCCCCCCCCCCCCCCCCCCCCC)COP(=O)(O)OC[C@@H](O)COP(=O)(O)OC[C@@H](COC(=O)CCCCCCCCCC(C)C)OC(=O)CCCCCCCCCCCCCCCCC(C)CC. The molecule has 0 radical (unpaired) electrons. The number of aliphatic hydroxyl groups excluding tert-OH is 1. The Hall–Kier alpha value is -1.94. The number of aliphatic hydroxyl groups is 1. The van der Waals surface area contributed by atoms with Gasteiger partial charge in [0.15, 0.2) is 12.2 Å². The topological polar surface area (TPSA) is 237 Å². The highest BCUT2D eigenvalue weighted by Crippen LogP contribution is 2.45. The van der Waals surface area contributed by atoms with Crippen molar-refractivity contribution < 1.29 is 80.2 Å². The summed E-state index contributed by atoms with van der Waals surface area (Å²) in [7, 11) is -9.94. The number of phosphoric ester groups is 2. The largest absolute Gasteiger partial charge is 0.472 e. The van der Waals surface area contributed by atoms with Gasteiger partial charge in [-0.05, 0) is 37.5 Å². The predicted molar refractivity (Wildman–Crippen MR) is 460 cm³/mol. The minimum atomic E-state index is -4.97. The summed E-state index contributed by atoms with van der Waals surface area (Å²) in [5.74, 6) is -0.547. The Balaban J connectivity index is 5.21. The van der Waals surface area contributed by atoms with Crippen molar-refractivity contribution in [3.63, 3.8) is 0 Å². The number of unbranched alkanes of at least 4 members (excludes halogenated alkanes) is 60. The van der Waals surface area contributed by atoms with Crippen molar-refractivity contribution in [3.05, 3.63) is 0 Å². The van der Waals surface area contributed by atoms with Crippen LogP contribution >= 0.6 is 15.6 Å². The van der Waals surface area contributed by atoms with E-state index >= 15 is 0 Å². The zero-order chi connectivity index (χ0) is 81.3.